The van der Waals surface area contributed by atoms with Crippen molar-refractivity contribution < 1.29 is 0 Å². The maximum atomic E-state index is 3.36. The predicted molar refractivity (Wildman–Crippen MR) is 106 cm³/mol. The molecule has 0 bridgehead atoms. The highest BCUT2D eigenvalue weighted by atomic mass is 15.0. The molecule has 0 N–H and O–H groups in total. The number of hydrogen-bond acceptors (Lipinski definition) is 2. The molecule has 22 heavy (non-hydrogen) atoms. The summed E-state index contributed by atoms with van der Waals surface area (Å²) >= 11 is 0. The maximum Gasteiger partial charge on any atom is 0.0487 e. The van der Waals surface area contributed by atoms with Gasteiger partial charge in [-0.1, -0.05) is 104 Å². The van der Waals surface area contributed by atoms with Crippen molar-refractivity contribution >= 4 is 10.8 Å². The van der Waals surface area contributed by atoms with Crippen LogP contribution in [0.2, 0.25) is 0 Å². The molecule has 2 aromatic rings. The highest BCUT2D eigenvalue weighted by Crippen LogP contribution is 2.11. The molecule has 0 radical (unpaired) electrons. The van der Waals surface area contributed by atoms with Gasteiger partial charge in [-0.05, 0) is 10.8 Å². The molecule has 0 heterocycles. The zero-order valence-electron chi connectivity index (χ0n) is 16.5. The van der Waals surface area contributed by atoms with Crippen LogP contribution in [0.15, 0.2) is 58.8 Å². The van der Waals surface area contributed by atoms with Gasteiger partial charge in [-0.3, -0.25) is 0 Å². The van der Waals surface area contributed by atoms with E-state index in [0.29, 0.717) is 0 Å². The molecule has 0 aromatic heterocycles. The number of azo groups is 1. The van der Waals surface area contributed by atoms with E-state index in [4.69, 9.17) is 0 Å². The fourth-order valence-electron chi connectivity index (χ4n) is 1.13. The summed E-state index contributed by atoms with van der Waals surface area (Å²) in [7, 11) is 3.28. The number of nitrogens with zero attached hydrogens (tertiary/aromatic N) is 2. The van der Waals surface area contributed by atoms with Gasteiger partial charge < -0.3 is 0 Å². The Labute approximate surface area is 139 Å². The third-order valence-electron chi connectivity index (χ3n) is 1.86. The highest BCUT2D eigenvalue weighted by Gasteiger charge is 1.85. The first-order valence-electron chi connectivity index (χ1n) is 8.50. The summed E-state index contributed by atoms with van der Waals surface area (Å²) in [6, 6.07) is 16.7. The van der Waals surface area contributed by atoms with Crippen molar-refractivity contribution in [2.45, 2.75) is 55.4 Å². The topological polar surface area (TPSA) is 24.7 Å². The van der Waals surface area contributed by atoms with Crippen LogP contribution in [-0.2, 0) is 0 Å². The van der Waals surface area contributed by atoms with Crippen molar-refractivity contribution in [1.29, 1.82) is 0 Å². The summed E-state index contributed by atoms with van der Waals surface area (Å²) in [6.07, 6.45) is 0. The van der Waals surface area contributed by atoms with Gasteiger partial charge >= 0.3 is 0 Å². The predicted octanol–water partition coefficient (Wildman–Crippen LogP) is 7.64. The molecule has 0 amide bonds. The molecule has 2 heteroatoms. The monoisotopic (exact) mass is 306 g/mol. The van der Waals surface area contributed by atoms with Gasteiger partial charge in [0.2, 0.25) is 0 Å². The van der Waals surface area contributed by atoms with E-state index in [1.807, 2.05) is 55.4 Å². The summed E-state index contributed by atoms with van der Waals surface area (Å²) in [5.41, 5.74) is 0. The number of hydrogen-bond donors (Lipinski definition) is 0. The largest absolute Gasteiger partial charge is 0.198 e. The van der Waals surface area contributed by atoms with Crippen LogP contribution in [-0.4, -0.2) is 14.1 Å². The molecule has 0 saturated carbocycles. The summed E-state index contributed by atoms with van der Waals surface area (Å²) in [6.45, 7) is 16.0. The number of rotatable bonds is 0. The van der Waals surface area contributed by atoms with Gasteiger partial charge in [0.15, 0.2) is 0 Å². The van der Waals surface area contributed by atoms with Gasteiger partial charge in [-0.2, -0.15) is 10.2 Å². The van der Waals surface area contributed by atoms with Crippen molar-refractivity contribution in [3.63, 3.8) is 0 Å². The molecule has 0 fully saturated rings. The molecule has 0 aliphatic heterocycles. The number of fused-ring (bicyclic) bond motifs is 1. The molecule has 0 unspecified atom stereocenters. The Morgan fingerprint density at radius 3 is 0.773 bits per heavy atom. The minimum Gasteiger partial charge on any atom is -0.198 e. The molecule has 2 nitrogen and oxygen atoms in total. The maximum absolute atomic E-state index is 3.36. The lowest BCUT2D eigenvalue weighted by Crippen LogP contribution is -1.67. The Morgan fingerprint density at radius 1 is 0.455 bits per heavy atom. The third-order valence-corrected chi connectivity index (χ3v) is 1.86. The molecule has 0 atom stereocenters. The summed E-state index contributed by atoms with van der Waals surface area (Å²) in [4.78, 5) is 0. The summed E-state index contributed by atoms with van der Waals surface area (Å²) in [5.74, 6) is 0. The fraction of sp³-hybridized carbons (Fsp3) is 0.500. The van der Waals surface area contributed by atoms with Crippen molar-refractivity contribution in [3.8, 4) is 0 Å². The van der Waals surface area contributed by atoms with Gasteiger partial charge in [0.05, 0.1) is 0 Å². The standard InChI is InChI=1S/C10H8.C2H6N2.4C2H6/c1-2-6-10-8-4-3-7-9(10)5-1;1-3-4-2;4*1-2/h1-8H;1-2H3;4*1-2H3. The van der Waals surface area contributed by atoms with E-state index in [0.717, 1.165) is 0 Å². The molecule has 2 aromatic carbocycles. The first-order chi connectivity index (χ1) is 10.9. The zero-order chi connectivity index (χ0) is 18.2. The first kappa shape index (κ1) is 28.5. The normalized spacial score (nSPS) is 7.36. The molecule has 0 saturated heterocycles. The van der Waals surface area contributed by atoms with E-state index < -0.39 is 0 Å². The Morgan fingerprint density at radius 2 is 0.636 bits per heavy atom. The Hall–Kier alpha value is -1.70. The first-order valence-corrected chi connectivity index (χ1v) is 8.50. The minimum absolute atomic E-state index is 1.31. The van der Waals surface area contributed by atoms with Crippen molar-refractivity contribution in [2.75, 3.05) is 14.1 Å². The van der Waals surface area contributed by atoms with Crippen molar-refractivity contribution in [1.82, 2.24) is 0 Å². The lowest BCUT2D eigenvalue weighted by atomic mass is 10.1. The van der Waals surface area contributed by atoms with E-state index in [-0.39, 0.29) is 0 Å². The minimum atomic E-state index is 1.31. The second kappa shape index (κ2) is 31.6. The van der Waals surface area contributed by atoms with Crippen LogP contribution in [0.25, 0.3) is 10.8 Å². The number of benzene rings is 2. The summed E-state index contributed by atoms with van der Waals surface area (Å²) in [5, 5.41) is 9.34. The molecular weight excluding hydrogens is 268 g/mol. The second-order valence-corrected chi connectivity index (χ2v) is 2.75. The van der Waals surface area contributed by atoms with Crippen LogP contribution < -0.4 is 0 Å². The molecular formula is C20H38N2. The lowest BCUT2D eigenvalue weighted by Gasteiger charge is -1.92. The van der Waals surface area contributed by atoms with E-state index in [1.165, 1.54) is 10.8 Å². The van der Waals surface area contributed by atoms with Crippen LogP contribution >= 0.6 is 0 Å². The Bertz CT molecular complexity index is 340. The van der Waals surface area contributed by atoms with Gasteiger partial charge in [0.25, 0.3) is 0 Å². The van der Waals surface area contributed by atoms with Crippen molar-refractivity contribution in [2.24, 2.45) is 10.2 Å². The Balaban J connectivity index is -0.000000115. The summed E-state index contributed by atoms with van der Waals surface area (Å²) < 4.78 is 0. The van der Waals surface area contributed by atoms with E-state index >= 15 is 0 Å². The highest BCUT2D eigenvalue weighted by molar-refractivity contribution is 5.81. The second-order valence-electron chi connectivity index (χ2n) is 2.75. The van der Waals surface area contributed by atoms with E-state index in [1.54, 1.807) is 14.1 Å². The van der Waals surface area contributed by atoms with Crippen LogP contribution in [0, 0.1) is 0 Å². The van der Waals surface area contributed by atoms with Crippen molar-refractivity contribution in [3.05, 3.63) is 48.5 Å². The van der Waals surface area contributed by atoms with E-state index in [9.17, 15) is 0 Å². The van der Waals surface area contributed by atoms with Gasteiger partial charge in [0.1, 0.15) is 0 Å². The van der Waals surface area contributed by atoms with Gasteiger partial charge in [0, 0.05) is 14.1 Å². The molecule has 0 aliphatic rings. The molecule has 128 valence electrons. The smallest absolute Gasteiger partial charge is 0.0487 e. The Kier molecular flexibility index (Phi) is 40.9. The van der Waals surface area contributed by atoms with Gasteiger partial charge in [-0.25, -0.2) is 0 Å². The lowest BCUT2D eigenvalue weighted by molar-refractivity contribution is 1.11. The van der Waals surface area contributed by atoms with Crippen LogP contribution in [0.1, 0.15) is 55.4 Å². The average molecular weight is 307 g/mol. The molecule has 2 rings (SSSR count). The quantitative estimate of drug-likeness (QED) is 0.447. The average Bonchev–Trinajstić information content (AvgIpc) is 2.68. The van der Waals surface area contributed by atoms with E-state index in [2.05, 4.69) is 58.8 Å². The molecule has 0 spiro atoms. The van der Waals surface area contributed by atoms with Gasteiger partial charge in [-0.15, -0.1) is 0 Å². The zero-order valence-corrected chi connectivity index (χ0v) is 16.5. The third kappa shape index (κ3) is 18.3. The van der Waals surface area contributed by atoms with Crippen LogP contribution in [0.4, 0.5) is 0 Å². The van der Waals surface area contributed by atoms with Crippen LogP contribution in [0.3, 0.4) is 0 Å². The molecule has 0 aliphatic carbocycles. The SMILES string of the molecule is CC.CC.CC.CC.CN=NC.c1ccc2ccccc2c1. The fourth-order valence-corrected chi connectivity index (χ4v) is 1.13. The van der Waals surface area contributed by atoms with Crippen LogP contribution in [0.5, 0.6) is 0 Å².